The van der Waals surface area contributed by atoms with Crippen LogP contribution in [0.1, 0.15) is 71.0 Å². The quantitative estimate of drug-likeness (QED) is 0.405. The van der Waals surface area contributed by atoms with Crippen molar-refractivity contribution in [3.63, 3.8) is 0 Å². The second kappa shape index (κ2) is 8.37. The van der Waals surface area contributed by atoms with Crippen molar-refractivity contribution in [2.45, 2.75) is 51.4 Å². The van der Waals surface area contributed by atoms with E-state index in [9.17, 15) is 5.26 Å². The van der Waals surface area contributed by atoms with Crippen molar-refractivity contribution in [3.05, 3.63) is 87.3 Å². The van der Waals surface area contributed by atoms with Crippen LogP contribution in [0, 0.1) is 25.2 Å². The highest BCUT2D eigenvalue weighted by molar-refractivity contribution is 6.31. The van der Waals surface area contributed by atoms with E-state index in [2.05, 4.69) is 69.3 Å². The maximum Gasteiger partial charge on any atom is 0.235 e. The number of fused-ring (bicyclic) bond motifs is 3. The first-order valence-electron chi connectivity index (χ1n) is 11.0. The van der Waals surface area contributed by atoms with Gasteiger partial charge in [-0.25, -0.2) is 15.0 Å². The highest BCUT2D eigenvalue weighted by Gasteiger charge is 2.28. The average molecular weight is 442 g/mol. The van der Waals surface area contributed by atoms with Crippen molar-refractivity contribution < 1.29 is 0 Å². The van der Waals surface area contributed by atoms with Crippen molar-refractivity contribution in [1.29, 1.82) is 5.26 Å². The lowest BCUT2D eigenvalue weighted by atomic mass is 9.80. The van der Waals surface area contributed by atoms with Crippen LogP contribution in [0.25, 0.3) is 10.9 Å². The highest BCUT2D eigenvalue weighted by Crippen LogP contribution is 2.41. The molecule has 0 fully saturated rings. The molecule has 1 aliphatic carbocycles. The van der Waals surface area contributed by atoms with Crippen LogP contribution in [-0.4, -0.2) is 19.9 Å². The number of hydrogen-bond donors (Lipinski definition) is 1. The number of H-pyrrole nitrogens is 1. The molecule has 32 heavy (non-hydrogen) atoms. The lowest BCUT2D eigenvalue weighted by molar-refractivity contribution is 0.486. The number of aromatic nitrogens is 4. The smallest absolute Gasteiger partial charge is 0.235 e. The molecule has 5 nitrogen and oxygen atoms in total. The minimum Gasteiger partial charge on any atom is -0.358 e. The number of hydrogen-bond acceptors (Lipinski definition) is 4. The second-order valence-electron chi connectivity index (χ2n) is 8.66. The van der Waals surface area contributed by atoms with E-state index in [-0.39, 0.29) is 17.7 Å². The van der Waals surface area contributed by atoms with Gasteiger partial charge in [0.25, 0.3) is 0 Å². The summed E-state index contributed by atoms with van der Waals surface area (Å²) >= 11 is 6.37. The number of rotatable bonds is 2. The predicted molar refractivity (Wildman–Crippen MR) is 126 cm³/mol. The Kier molecular flexibility index (Phi) is 5.40. The molecule has 2 aromatic heterocycles. The van der Waals surface area contributed by atoms with E-state index in [4.69, 9.17) is 11.6 Å². The van der Waals surface area contributed by atoms with Crippen LogP contribution in [-0.2, 0) is 6.42 Å². The molecule has 0 spiro atoms. The van der Waals surface area contributed by atoms with Crippen LogP contribution in [0.3, 0.4) is 0 Å². The van der Waals surface area contributed by atoms with Gasteiger partial charge < -0.3 is 4.98 Å². The summed E-state index contributed by atoms with van der Waals surface area (Å²) in [4.78, 5) is 16.9. The molecule has 6 heteroatoms. The van der Waals surface area contributed by atoms with Gasteiger partial charge in [-0.15, -0.1) is 0 Å². The highest BCUT2D eigenvalue weighted by atomic mass is 35.5. The van der Waals surface area contributed by atoms with Crippen LogP contribution in [0.4, 0.5) is 0 Å². The van der Waals surface area contributed by atoms with E-state index >= 15 is 0 Å². The molecule has 0 saturated carbocycles. The standard InChI is InChI=1S/C26H24ClN5/c1-15-3-5-17(6-4-15)20-10-7-18(26-30-16(2)29-24(14-28)32-26)8-11-21-22-13-19(27)9-12-23(22)31-25(20)21/h3-6,9,12-13,18,20,31H,7-8,10-11H2,1-2H3/t18?,20-/m0/s1. The van der Waals surface area contributed by atoms with E-state index < -0.39 is 0 Å². The van der Waals surface area contributed by atoms with Crippen LogP contribution in [0.15, 0.2) is 42.5 Å². The van der Waals surface area contributed by atoms with Gasteiger partial charge in [-0.1, -0.05) is 41.4 Å². The topological polar surface area (TPSA) is 78.2 Å². The lowest BCUT2D eigenvalue weighted by Gasteiger charge is -2.25. The Hall–Kier alpha value is -3.23. The summed E-state index contributed by atoms with van der Waals surface area (Å²) < 4.78 is 0. The molecule has 4 aromatic rings. The molecule has 2 heterocycles. The van der Waals surface area contributed by atoms with E-state index in [1.807, 2.05) is 13.0 Å². The van der Waals surface area contributed by atoms with Gasteiger partial charge in [0.05, 0.1) is 0 Å². The molecule has 2 atom stereocenters. The molecular formula is C26H24ClN5. The number of nitrogens with one attached hydrogen (secondary N) is 1. The third-order valence-electron chi connectivity index (χ3n) is 6.51. The zero-order chi connectivity index (χ0) is 22.2. The summed E-state index contributed by atoms with van der Waals surface area (Å²) in [5.41, 5.74) is 6.29. The first-order valence-corrected chi connectivity index (χ1v) is 11.4. The van der Waals surface area contributed by atoms with Gasteiger partial charge in [-0.2, -0.15) is 5.26 Å². The van der Waals surface area contributed by atoms with E-state index in [1.54, 1.807) is 0 Å². The van der Waals surface area contributed by atoms with E-state index in [1.165, 1.54) is 27.8 Å². The van der Waals surface area contributed by atoms with Gasteiger partial charge in [-0.05, 0) is 68.9 Å². The number of halogens is 1. The summed E-state index contributed by atoms with van der Waals surface area (Å²) in [5.74, 6) is 1.96. The molecule has 0 saturated heterocycles. The molecule has 5 rings (SSSR count). The molecule has 1 aliphatic rings. The molecule has 160 valence electrons. The normalized spacial score (nSPS) is 18.6. The Morgan fingerprint density at radius 2 is 1.81 bits per heavy atom. The van der Waals surface area contributed by atoms with Crippen LogP contribution >= 0.6 is 11.6 Å². The third kappa shape index (κ3) is 3.87. The summed E-state index contributed by atoms with van der Waals surface area (Å²) in [6, 6.07) is 17.0. The zero-order valence-electron chi connectivity index (χ0n) is 18.2. The zero-order valence-corrected chi connectivity index (χ0v) is 18.9. The van der Waals surface area contributed by atoms with Gasteiger partial charge >= 0.3 is 0 Å². The van der Waals surface area contributed by atoms with E-state index in [0.29, 0.717) is 5.82 Å². The predicted octanol–water partition coefficient (Wildman–Crippen LogP) is 6.14. The molecule has 1 N–H and O–H groups in total. The number of nitriles is 1. The molecule has 0 aliphatic heterocycles. The Balaban J connectivity index is 1.61. The van der Waals surface area contributed by atoms with Crippen molar-refractivity contribution >= 4 is 22.5 Å². The Bertz CT molecular complexity index is 1330. The number of aryl methyl sites for hydroxylation is 3. The van der Waals surface area contributed by atoms with Crippen molar-refractivity contribution in [2.24, 2.45) is 0 Å². The van der Waals surface area contributed by atoms with Crippen molar-refractivity contribution in [3.8, 4) is 6.07 Å². The Labute approximate surface area is 192 Å². The summed E-state index contributed by atoms with van der Waals surface area (Å²) in [6.07, 6.45) is 3.73. The van der Waals surface area contributed by atoms with Crippen LogP contribution in [0.5, 0.6) is 0 Å². The average Bonchev–Trinajstić information content (AvgIpc) is 3.11. The minimum atomic E-state index is 0.175. The maximum atomic E-state index is 9.33. The monoisotopic (exact) mass is 441 g/mol. The van der Waals surface area contributed by atoms with Crippen LogP contribution < -0.4 is 0 Å². The first-order chi connectivity index (χ1) is 15.5. The molecule has 0 bridgehead atoms. The number of benzene rings is 2. The van der Waals surface area contributed by atoms with E-state index in [0.717, 1.165) is 42.0 Å². The molecule has 0 amide bonds. The Morgan fingerprint density at radius 3 is 2.59 bits per heavy atom. The van der Waals surface area contributed by atoms with Gasteiger partial charge in [0.1, 0.15) is 17.7 Å². The fourth-order valence-corrected chi connectivity index (χ4v) is 5.08. The number of aromatic amines is 1. The van der Waals surface area contributed by atoms with Crippen LogP contribution in [0.2, 0.25) is 5.02 Å². The summed E-state index contributed by atoms with van der Waals surface area (Å²) in [6.45, 7) is 3.94. The van der Waals surface area contributed by atoms with Gasteiger partial charge in [0.2, 0.25) is 5.82 Å². The summed E-state index contributed by atoms with van der Waals surface area (Å²) in [5, 5.41) is 11.3. The molecule has 1 unspecified atom stereocenters. The Morgan fingerprint density at radius 1 is 1.00 bits per heavy atom. The van der Waals surface area contributed by atoms with Gasteiger partial charge in [0.15, 0.2) is 0 Å². The largest absolute Gasteiger partial charge is 0.358 e. The van der Waals surface area contributed by atoms with Crippen molar-refractivity contribution in [2.75, 3.05) is 0 Å². The maximum absolute atomic E-state index is 9.33. The first kappa shape index (κ1) is 20.7. The SMILES string of the molecule is Cc1ccc([C@@H]2CCC(c3nc(C)nc(C#N)n3)CCc3c2[nH]c2ccc(Cl)cc32)cc1. The molecule has 0 radical (unpaired) electrons. The minimum absolute atomic E-state index is 0.175. The second-order valence-corrected chi connectivity index (χ2v) is 9.10. The lowest BCUT2D eigenvalue weighted by Crippen LogP contribution is -2.15. The number of nitrogens with zero attached hydrogens (tertiary/aromatic N) is 4. The molecule has 2 aromatic carbocycles. The summed E-state index contributed by atoms with van der Waals surface area (Å²) in [7, 11) is 0. The fourth-order valence-electron chi connectivity index (χ4n) is 4.91. The third-order valence-corrected chi connectivity index (χ3v) is 6.74. The molecular weight excluding hydrogens is 418 g/mol. The fraction of sp³-hybridized carbons (Fsp3) is 0.308. The van der Waals surface area contributed by atoms with Gasteiger partial charge in [0, 0.05) is 33.5 Å². The van der Waals surface area contributed by atoms with Crippen molar-refractivity contribution in [1.82, 2.24) is 19.9 Å². The van der Waals surface area contributed by atoms with Gasteiger partial charge in [-0.3, -0.25) is 0 Å².